The van der Waals surface area contributed by atoms with E-state index >= 15 is 0 Å². The van der Waals surface area contributed by atoms with E-state index in [4.69, 9.17) is 0 Å². The van der Waals surface area contributed by atoms with Crippen molar-refractivity contribution in [1.82, 2.24) is 20.3 Å². The molecule has 0 aliphatic heterocycles. The minimum absolute atomic E-state index is 0.0529. The van der Waals surface area contributed by atoms with Gasteiger partial charge in [0, 0.05) is 24.8 Å². The van der Waals surface area contributed by atoms with Crippen molar-refractivity contribution < 1.29 is 4.79 Å². The van der Waals surface area contributed by atoms with E-state index in [1.165, 1.54) is 0 Å². The zero-order valence-corrected chi connectivity index (χ0v) is 13.5. The lowest BCUT2D eigenvalue weighted by molar-refractivity contribution is 0.0944. The molecule has 0 saturated heterocycles. The molecule has 0 bridgehead atoms. The Morgan fingerprint density at radius 1 is 1.21 bits per heavy atom. The molecule has 1 aliphatic rings. The summed E-state index contributed by atoms with van der Waals surface area (Å²) in [6.45, 7) is 0. The van der Waals surface area contributed by atoms with Gasteiger partial charge in [-0.15, -0.1) is 11.3 Å². The molecule has 24 heavy (non-hydrogen) atoms. The molecule has 1 unspecified atom stereocenters. The van der Waals surface area contributed by atoms with E-state index in [1.54, 1.807) is 42.1 Å². The number of allylic oxidation sites excluding steroid dienone is 2. The Bertz CT molecular complexity index is 913. The molecule has 3 heterocycles. The van der Waals surface area contributed by atoms with Crippen LogP contribution < -0.4 is 5.32 Å². The molecular weight excluding hydrogens is 320 g/mol. The zero-order valence-electron chi connectivity index (χ0n) is 12.7. The van der Waals surface area contributed by atoms with E-state index in [2.05, 4.69) is 26.3 Å². The summed E-state index contributed by atoms with van der Waals surface area (Å²) in [6.07, 6.45) is 13.5. The molecule has 1 N–H and O–H groups in total. The minimum Gasteiger partial charge on any atom is -0.345 e. The molecule has 0 aromatic carbocycles. The smallest absolute Gasteiger partial charge is 0.253 e. The predicted octanol–water partition coefficient (Wildman–Crippen LogP) is 3.23. The molecule has 5 nitrogen and oxygen atoms in total. The van der Waals surface area contributed by atoms with Crippen molar-refractivity contribution in [3.63, 3.8) is 0 Å². The largest absolute Gasteiger partial charge is 0.345 e. The molecule has 0 radical (unpaired) electrons. The zero-order chi connectivity index (χ0) is 16.4. The van der Waals surface area contributed by atoms with Crippen molar-refractivity contribution in [2.24, 2.45) is 0 Å². The number of rotatable bonds is 3. The van der Waals surface area contributed by atoms with Crippen molar-refractivity contribution in [3.8, 4) is 0 Å². The Kier molecular flexibility index (Phi) is 3.88. The number of nitrogens with zero attached hydrogens (tertiary/aromatic N) is 3. The van der Waals surface area contributed by atoms with Gasteiger partial charge in [-0.25, -0.2) is 4.98 Å². The fraction of sp³-hybridized carbons (Fsp3) is 0.111. The fourth-order valence-corrected chi connectivity index (χ4v) is 3.57. The number of thiazole rings is 1. The van der Waals surface area contributed by atoms with Gasteiger partial charge >= 0.3 is 0 Å². The van der Waals surface area contributed by atoms with Crippen LogP contribution in [0.4, 0.5) is 0 Å². The van der Waals surface area contributed by atoms with Gasteiger partial charge in [0.15, 0.2) is 0 Å². The summed E-state index contributed by atoms with van der Waals surface area (Å²) in [5, 5.41) is 4.00. The van der Waals surface area contributed by atoms with E-state index in [-0.39, 0.29) is 11.9 Å². The van der Waals surface area contributed by atoms with E-state index in [9.17, 15) is 4.79 Å². The van der Waals surface area contributed by atoms with Crippen molar-refractivity contribution in [2.45, 2.75) is 12.5 Å². The van der Waals surface area contributed by atoms with Crippen LogP contribution in [0.2, 0.25) is 0 Å². The lowest BCUT2D eigenvalue weighted by Crippen LogP contribution is -2.34. The van der Waals surface area contributed by atoms with Gasteiger partial charge in [0.05, 0.1) is 21.8 Å². The normalized spacial score (nSPS) is 16.8. The molecule has 0 fully saturated rings. The highest BCUT2D eigenvalue weighted by molar-refractivity contribution is 7.19. The topological polar surface area (TPSA) is 67.8 Å². The van der Waals surface area contributed by atoms with Crippen LogP contribution in [0.15, 0.2) is 61.2 Å². The maximum Gasteiger partial charge on any atom is 0.253 e. The summed E-state index contributed by atoms with van der Waals surface area (Å²) in [4.78, 5) is 25.0. The van der Waals surface area contributed by atoms with Crippen LogP contribution in [0.25, 0.3) is 15.8 Å². The first-order chi connectivity index (χ1) is 11.8. The molecule has 1 amide bonds. The monoisotopic (exact) mass is 334 g/mol. The Hall–Kier alpha value is -2.86. The van der Waals surface area contributed by atoms with Gasteiger partial charge in [0.1, 0.15) is 5.01 Å². The number of nitrogens with one attached hydrogen (secondary N) is 1. The number of aromatic nitrogens is 3. The summed E-state index contributed by atoms with van der Waals surface area (Å²) in [7, 11) is 0. The molecular formula is C18H14N4OS. The molecule has 6 heteroatoms. The average molecular weight is 334 g/mol. The van der Waals surface area contributed by atoms with Crippen LogP contribution in [0.1, 0.15) is 21.8 Å². The maximum atomic E-state index is 12.3. The molecule has 0 spiro atoms. The Morgan fingerprint density at radius 3 is 2.96 bits per heavy atom. The third-order valence-corrected chi connectivity index (χ3v) is 4.87. The van der Waals surface area contributed by atoms with Crippen LogP contribution in [-0.2, 0) is 0 Å². The Morgan fingerprint density at radius 2 is 2.12 bits per heavy atom. The maximum absolute atomic E-state index is 12.3. The van der Waals surface area contributed by atoms with Crippen molar-refractivity contribution in [2.75, 3.05) is 0 Å². The summed E-state index contributed by atoms with van der Waals surface area (Å²) < 4.78 is 1.07. The van der Waals surface area contributed by atoms with Gasteiger partial charge in [-0.05, 0) is 30.2 Å². The van der Waals surface area contributed by atoms with E-state index < -0.39 is 0 Å². The van der Waals surface area contributed by atoms with Gasteiger partial charge in [-0.3, -0.25) is 14.8 Å². The number of hydrogen-bond acceptors (Lipinski definition) is 5. The predicted molar refractivity (Wildman–Crippen MR) is 94.6 cm³/mol. The Labute approximate surface area is 142 Å². The van der Waals surface area contributed by atoms with E-state index in [1.807, 2.05) is 24.4 Å². The number of carbonyl (C=O) groups excluding carboxylic acids is 1. The van der Waals surface area contributed by atoms with E-state index in [0.717, 1.165) is 27.2 Å². The molecule has 3 aromatic heterocycles. The van der Waals surface area contributed by atoms with Crippen LogP contribution in [0, 0.1) is 0 Å². The molecule has 3 aromatic rings. The number of hydrogen-bond donors (Lipinski definition) is 1. The van der Waals surface area contributed by atoms with Crippen LogP contribution in [0.3, 0.4) is 0 Å². The van der Waals surface area contributed by atoms with Gasteiger partial charge < -0.3 is 5.32 Å². The summed E-state index contributed by atoms with van der Waals surface area (Å²) >= 11 is 1.62. The number of carbonyl (C=O) groups is 1. The highest BCUT2D eigenvalue weighted by atomic mass is 32.1. The van der Waals surface area contributed by atoms with E-state index in [0.29, 0.717) is 5.56 Å². The molecule has 1 aliphatic carbocycles. The number of fused-ring (bicyclic) bond motifs is 1. The Balaban J connectivity index is 1.50. The first-order valence-corrected chi connectivity index (χ1v) is 8.40. The standard InChI is InChI=1S/C18H14N4OS/c23-17(13-4-2-7-19-10-13)21-14-5-1-3-12(9-14)18-22-15-6-8-20-11-16(15)24-18/h1-8,10-11,14H,9H2,(H,21,23). The molecule has 1 atom stereocenters. The average Bonchev–Trinajstić information content (AvgIpc) is 3.07. The second kappa shape index (κ2) is 6.33. The second-order valence-corrected chi connectivity index (χ2v) is 6.50. The fourth-order valence-electron chi connectivity index (χ4n) is 2.60. The quantitative estimate of drug-likeness (QED) is 0.798. The summed E-state index contributed by atoms with van der Waals surface area (Å²) in [5.41, 5.74) is 2.64. The van der Waals surface area contributed by atoms with Crippen molar-refractivity contribution >= 4 is 33.0 Å². The van der Waals surface area contributed by atoms with Crippen molar-refractivity contribution in [3.05, 3.63) is 71.8 Å². The molecule has 118 valence electrons. The van der Waals surface area contributed by atoms with Crippen LogP contribution in [0.5, 0.6) is 0 Å². The first-order valence-electron chi connectivity index (χ1n) is 7.59. The van der Waals surface area contributed by atoms with Gasteiger partial charge in [0.2, 0.25) is 0 Å². The van der Waals surface area contributed by atoms with Crippen molar-refractivity contribution in [1.29, 1.82) is 0 Å². The molecule has 4 rings (SSSR count). The third-order valence-electron chi connectivity index (χ3n) is 3.79. The first kappa shape index (κ1) is 14.7. The highest BCUT2D eigenvalue weighted by Gasteiger charge is 2.18. The highest BCUT2D eigenvalue weighted by Crippen LogP contribution is 2.30. The van der Waals surface area contributed by atoms with Crippen LogP contribution >= 0.6 is 11.3 Å². The second-order valence-electron chi connectivity index (χ2n) is 5.47. The SMILES string of the molecule is O=C(NC1C=CC=C(c2nc3ccncc3s2)C1)c1cccnc1. The van der Waals surface area contributed by atoms with Gasteiger partial charge in [0.25, 0.3) is 5.91 Å². The summed E-state index contributed by atoms with van der Waals surface area (Å²) in [5.74, 6) is -0.118. The number of amides is 1. The van der Waals surface area contributed by atoms with Crippen LogP contribution in [-0.4, -0.2) is 26.9 Å². The minimum atomic E-state index is -0.118. The lowest BCUT2D eigenvalue weighted by atomic mass is 10.0. The third kappa shape index (κ3) is 2.96. The lowest BCUT2D eigenvalue weighted by Gasteiger charge is -2.18. The number of pyridine rings is 2. The van der Waals surface area contributed by atoms with Gasteiger partial charge in [-0.1, -0.05) is 18.2 Å². The van der Waals surface area contributed by atoms with Gasteiger partial charge in [-0.2, -0.15) is 0 Å². The molecule has 0 saturated carbocycles. The summed E-state index contributed by atoms with van der Waals surface area (Å²) in [6, 6.07) is 5.37.